The second kappa shape index (κ2) is 6.63. The van der Waals surface area contributed by atoms with Crippen molar-refractivity contribution < 1.29 is 19.7 Å². The Kier molecular flexibility index (Phi) is 5.44. The summed E-state index contributed by atoms with van der Waals surface area (Å²) in [4.78, 5) is 15.0. The standard InChI is InChI=1S/C11H18ClN3O4/c1-5-7(15-11(13)14)3-9(10(17)18)19-8(5)2-6(16)4-12/h3,5-8,16H,2,4H2,1H3,(H,17,18)(H4,13,14,15)/t5-,6+,7+,8+/m1/s1. The van der Waals surface area contributed by atoms with Gasteiger partial charge in [0, 0.05) is 18.2 Å². The van der Waals surface area contributed by atoms with E-state index in [1.54, 1.807) is 0 Å². The zero-order chi connectivity index (χ0) is 14.6. The highest BCUT2D eigenvalue weighted by Crippen LogP contribution is 2.28. The first kappa shape index (κ1) is 15.6. The highest BCUT2D eigenvalue weighted by atomic mass is 35.5. The van der Waals surface area contributed by atoms with Gasteiger partial charge in [-0.3, -0.25) is 0 Å². The number of ether oxygens (including phenoxy) is 1. The first-order chi connectivity index (χ1) is 8.85. The fourth-order valence-corrected chi connectivity index (χ4v) is 2.01. The molecule has 0 aromatic carbocycles. The van der Waals surface area contributed by atoms with E-state index in [4.69, 9.17) is 32.9 Å². The van der Waals surface area contributed by atoms with Crippen LogP contribution >= 0.6 is 11.6 Å². The van der Waals surface area contributed by atoms with E-state index in [9.17, 15) is 9.90 Å². The number of halogens is 1. The van der Waals surface area contributed by atoms with Gasteiger partial charge in [-0.1, -0.05) is 6.92 Å². The van der Waals surface area contributed by atoms with Crippen LogP contribution in [0.25, 0.3) is 0 Å². The summed E-state index contributed by atoms with van der Waals surface area (Å²) in [6.07, 6.45) is 0.280. The van der Waals surface area contributed by atoms with E-state index in [1.807, 2.05) is 6.92 Å². The fourth-order valence-electron chi connectivity index (χ4n) is 1.88. The highest BCUT2D eigenvalue weighted by Gasteiger charge is 2.34. The molecule has 0 fully saturated rings. The van der Waals surface area contributed by atoms with Gasteiger partial charge in [-0.15, -0.1) is 11.6 Å². The molecule has 0 radical (unpaired) electrons. The number of aliphatic imine (C=N–C) groups is 1. The molecule has 1 heterocycles. The predicted molar refractivity (Wildman–Crippen MR) is 70.7 cm³/mol. The van der Waals surface area contributed by atoms with Crippen LogP contribution in [0.15, 0.2) is 16.8 Å². The number of nitrogens with two attached hydrogens (primary N) is 2. The van der Waals surface area contributed by atoms with Crippen LogP contribution in [0.4, 0.5) is 0 Å². The van der Waals surface area contributed by atoms with Crippen molar-refractivity contribution in [3.05, 3.63) is 11.8 Å². The normalized spacial score (nSPS) is 27.9. The molecule has 19 heavy (non-hydrogen) atoms. The first-order valence-corrected chi connectivity index (χ1v) is 6.33. The molecule has 0 bridgehead atoms. The Balaban J connectivity index is 2.95. The minimum atomic E-state index is -1.20. The lowest BCUT2D eigenvalue weighted by molar-refractivity contribution is -0.139. The van der Waals surface area contributed by atoms with Gasteiger partial charge in [0.1, 0.15) is 6.10 Å². The average molecular weight is 292 g/mol. The van der Waals surface area contributed by atoms with Crippen LogP contribution in [-0.2, 0) is 9.53 Å². The Morgan fingerprint density at radius 1 is 1.63 bits per heavy atom. The molecule has 108 valence electrons. The topological polar surface area (TPSA) is 131 Å². The van der Waals surface area contributed by atoms with Gasteiger partial charge in [0.05, 0.1) is 12.1 Å². The van der Waals surface area contributed by atoms with E-state index < -0.39 is 24.2 Å². The van der Waals surface area contributed by atoms with E-state index >= 15 is 0 Å². The number of aliphatic hydroxyl groups is 1. The number of guanidine groups is 1. The van der Waals surface area contributed by atoms with Crippen molar-refractivity contribution in [3.63, 3.8) is 0 Å². The Bertz CT molecular complexity index is 395. The van der Waals surface area contributed by atoms with Gasteiger partial charge in [0.15, 0.2) is 5.96 Å². The number of alkyl halides is 1. The lowest BCUT2D eigenvalue weighted by Crippen LogP contribution is -2.39. The summed E-state index contributed by atoms with van der Waals surface area (Å²) in [7, 11) is 0. The molecule has 0 saturated carbocycles. The summed E-state index contributed by atoms with van der Waals surface area (Å²) >= 11 is 5.53. The maximum atomic E-state index is 11.0. The van der Waals surface area contributed by atoms with Gasteiger partial charge in [0.25, 0.3) is 0 Å². The van der Waals surface area contributed by atoms with Crippen LogP contribution in [0.1, 0.15) is 13.3 Å². The molecule has 0 saturated heterocycles. The molecule has 4 atom stereocenters. The van der Waals surface area contributed by atoms with Crippen molar-refractivity contribution in [2.75, 3.05) is 5.88 Å². The summed E-state index contributed by atoms with van der Waals surface area (Å²) in [5, 5.41) is 18.5. The molecule has 7 nitrogen and oxygen atoms in total. The minimum absolute atomic E-state index is 0.0473. The quantitative estimate of drug-likeness (QED) is 0.310. The molecule has 0 spiro atoms. The monoisotopic (exact) mass is 291 g/mol. The third-order valence-electron chi connectivity index (χ3n) is 2.92. The molecule has 0 amide bonds. The summed E-state index contributed by atoms with van der Waals surface area (Å²) in [6.45, 7) is 1.82. The summed E-state index contributed by atoms with van der Waals surface area (Å²) in [6, 6.07) is -0.502. The molecule has 0 aliphatic carbocycles. The lowest BCUT2D eigenvalue weighted by Gasteiger charge is -2.33. The van der Waals surface area contributed by atoms with Gasteiger partial charge in [-0.25, -0.2) is 9.79 Å². The minimum Gasteiger partial charge on any atom is -0.483 e. The van der Waals surface area contributed by atoms with E-state index in [0.29, 0.717) is 0 Å². The summed E-state index contributed by atoms with van der Waals surface area (Å²) in [5.41, 5.74) is 10.6. The molecule has 1 rings (SSSR count). The van der Waals surface area contributed by atoms with Crippen molar-refractivity contribution in [2.24, 2.45) is 22.4 Å². The number of hydrogen-bond donors (Lipinski definition) is 4. The van der Waals surface area contributed by atoms with Crippen molar-refractivity contribution >= 4 is 23.5 Å². The number of rotatable bonds is 5. The zero-order valence-corrected chi connectivity index (χ0v) is 11.2. The Morgan fingerprint density at radius 3 is 2.74 bits per heavy atom. The Morgan fingerprint density at radius 2 is 2.26 bits per heavy atom. The van der Waals surface area contributed by atoms with Crippen LogP contribution in [0.3, 0.4) is 0 Å². The fraction of sp³-hybridized carbons (Fsp3) is 0.636. The molecule has 0 aromatic heterocycles. The number of carboxylic acids is 1. The molecule has 1 aliphatic heterocycles. The summed E-state index contributed by atoms with van der Waals surface area (Å²) in [5.74, 6) is -1.68. The predicted octanol–water partition coefficient (Wildman–Crippen LogP) is -0.378. The number of aliphatic carboxylic acids is 1. The zero-order valence-electron chi connectivity index (χ0n) is 10.5. The van der Waals surface area contributed by atoms with Crippen molar-refractivity contribution in [1.82, 2.24) is 0 Å². The van der Waals surface area contributed by atoms with Crippen LogP contribution < -0.4 is 11.5 Å². The third-order valence-corrected chi connectivity index (χ3v) is 3.27. The second-order valence-corrected chi connectivity index (χ2v) is 4.75. The van der Waals surface area contributed by atoms with Crippen molar-refractivity contribution in [1.29, 1.82) is 0 Å². The van der Waals surface area contributed by atoms with E-state index in [1.165, 1.54) is 6.08 Å². The number of hydrogen-bond acceptors (Lipinski definition) is 4. The third kappa shape index (κ3) is 4.29. The molecule has 0 aromatic rings. The van der Waals surface area contributed by atoms with Crippen molar-refractivity contribution in [3.8, 4) is 0 Å². The first-order valence-electron chi connectivity index (χ1n) is 5.79. The maximum absolute atomic E-state index is 11.0. The molecular formula is C11H18ClN3O4. The Labute approximate surface area is 115 Å². The molecule has 1 aliphatic rings. The SMILES string of the molecule is C[C@@H]1[C@@H](N=C(N)N)C=C(C(=O)O)O[C@H]1C[C@H](O)CCl. The van der Waals surface area contributed by atoms with Gasteiger partial charge < -0.3 is 26.4 Å². The summed E-state index contributed by atoms with van der Waals surface area (Å²) < 4.78 is 5.34. The van der Waals surface area contributed by atoms with Gasteiger partial charge >= 0.3 is 5.97 Å². The molecular weight excluding hydrogens is 274 g/mol. The van der Waals surface area contributed by atoms with Crippen LogP contribution in [-0.4, -0.2) is 46.3 Å². The van der Waals surface area contributed by atoms with Gasteiger partial charge in [-0.05, 0) is 6.08 Å². The van der Waals surface area contributed by atoms with E-state index in [0.717, 1.165) is 0 Å². The number of carboxylic acid groups (broad SMARTS) is 1. The second-order valence-electron chi connectivity index (χ2n) is 4.44. The number of aliphatic hydroxyl groups excluding tert-OH is 1. The molecule has 8 heteroatoms. The van der Waals surface area contributed by atoms with E-state index in [-0.39, 0.29) is 29.9 Å². The smallest absolute Gasteiger partial charge is 0.370 e. The van der Waals surface area contributed by atoms with Gasteiger partial charge in [0.2, 0.25) is 5.76 Å². The molecule has 6 N–H and O–H groups in total. The van der Waals surface area contributed by atoms with Crippen molar-refractivity contribution in [2.45, 2.75) is 31.6 Å². The van der Waals surface area contributed by atoms with E-state index in [2.05, 4.69) is 4.99 Å². The lowest BCUT2D eigenvalue weighted by atomic mass is 9.89. The number of nitrogens with zero attached hydrogens (tertiary/aromatic N) is 1. The van der Waals surface area contributed by atoms with Crippen LogP contribution in [0, 0.1) is 5.92 Å². The van der Waals surface area contributed by atoms with Crippen LogP contribution in [0.5, 0.6) is 0 Å². The largest absolute Gasteiger partial charge is 0.483 e. The number of carbonyl (C=O) groups is 1. The van der Waals surface area contributed by atoms with Gasteiger partial charge in [-0.2, -0.15) is 0 Å². The van der Waals surface area contributed by atoms with Crippen LogP contribution in [0.2, 0.25) is 0 Å². The maximum Gasteiger partial charge on any atom is 0.370 e. The highest BCUT2D eigenvalue weighted by molar-refractivity contribution is 6.18. The Hall–Kier alpha value is -1.47. The average Bonchev–Trinajstić information content (AvgIpc) is 2.32. The molecule has 0 unspecified atom stereocenters.